The molecule has 0 aliphatic carbocycles. The van der Waals surface area contributed by atoms with Crippen LogP contribution in [0.1, 0.15) is 48.9 Å². The van der Waals surface area contributed by atoms with E-state index in [1.165, 1.54) is 28.5 Å². The number of pyridine rings is 2. The van der Waals surface area contributed by atoms with E-state index in [0.29, 0.717) is 30.2 Å². The number of nitrogens with zero attached hydrogens (tertiary/aromatic N) is 4. The molecule has 11 heteroatoms. The summed E-state index contributed by atoms with van der Waals surface area (Å²) in [7, 11) is 0. The molecular formula is C23H26ClFN4O4S. The van der Waals surface area contributed by atoms with Crippen molar-refractivity contribution in [3.05, 3.63) is 45.4 Å². The third kappa shape index (κ3) is 4.80. The number of carbonyl (C=O) groups is 1. The number of hydrogen-bond acceptors (Lipinski definition) is 7. The van der Waals surface area contributed by atoms with Crippen LogP contribution in [0.4, 0.5) is 10.2 Å². The lowest BCUT2D eigenvalue weighted by atomic mass is 9.92. The fourth-order valence-electron chi connectivity index (χ4n) is 4.66. The molecule has 2 saturated heterocycles. The molecule has 1 N–H and O–H groups in total. The zero-order chi connectivity index (χ0) is 22.9. The average Bonchev–Trinajstić information content (AvgIpc) is 3.31. The first kappa shape index (κ1) is 24.6. The molecule has 2 fully saturated rings. The number of aromatic carboxylic acids is 1. The topological polar surface area (TPSA) is 97.5 Å². The van der Waals surface area contributed by atoms with Crippen molar-refractivity contribution in [3.8, 4) is 5.13 Å². The molecule has 3 aromatic rings. The summed E-state index contributed by atoms with van der Waals surface area (Å²) in [5.74, 6) is -1.34. The molecule has 5 heterocycles. The first-order valence-electron chi connectivity index (χ1n) is 11.3. The highest BCUT2D eigenvalue weighted by Gasteiger charge is 2.31. The first-order chi connectivity index (χ1) is 16.0. The van der Waals surface area contributed by atoms with E-state index in [1.54, 1.807) is 11.6 Å². The van der Waals surface area contributed by atoms with E-state index >= 15 is 0 Å². The summed E-state index contributed by atoms with van der Waals surface area (Å²) in [6, 6.07) is 1.10. The highest BCUT2D eigenvalue weighted by molar-refractivity contribution is 7.12. The van der Waals surface area contributed by atoms with Crippen LogP contribution < -0.4 is 10.3 Å². The Morgan fingerprint density at radius 1 is 1.29 bits per heavy atom. The van der Waals surface area contributed by atoms with Crippen molar-refractivity contribution in [2.24, 2.45) is 5.92 Å². The molecule has 182 valence electrons. The second kappa shape index (κ2) is 10.4. The van der Waals surface area contributed by atoms with Gasteiger partial charge in [-0.05, 0) is 44.1 Å². The highest BCUT2D eigenvalue weighted by atomic mass is 35.5. The van der Waals surface area contributed by atoms with Crippen molar-refractivity contribution >= 4 is 46.6 Å². The Morgan fingerprint density at radius 3 is 2.79 bits per heavy atom. The SMILES string of the molecule is Cl.O=C(O)c1cn(-c2nccs2)c2nc(N3CC(CCCC4CCCCO4)C3)c(F)cc2c1=O. The molecule has 2 aliphatic heterocycles. The van der Waals surface area contributed by atoms with Crippen molar-refractivity contribution in [1.82, 2.24) is 14.5 Å². The van der Waals surface area contributed by atoms with Crippen molar-refractivity contribution < 1.29 is 19.0 Å². The van der Waals surface area contributed by atoms with Crippen LogP contribution in [0.5, 0.6) is 0 Å². The van der Waals surface area contributed by atoms with Gasteiger partial charge in [0, 0.05) is 37.5 Å². The molecule has 0 aromatic carbocycles. The molecule has 0 spiro atoms. The molecule has 0 saturated carbocycles. The van der Waals surface area contributed by atoms with Crippen LogP contribution in [-0.4, -0.2) is 51.4 Å². The van der Waals surface area contributed by atoms with E-state index in [2.05, 4.69) is 9.97 Å². The van der Waals surface area contributed by atoms with Gasteiger partial charge in [-0.3, -0.25) is 9.36 Å². The minimum absolute atomic E-state index is 0. The Morgan fingerprint density at radius 2 is 2.12 bits per heavy atom. The Labute approximate surface area is 205 Å². The van der Waals surface area contributed by atoms with E-state index in [9.17, 15) is 19.1 Å². The maximum atomic E-state index is 15.0. The number of aromatic nitrogens is 3. The maximum Gasteiger partial charge on any atom is 0.341 e. The summed E-state index contributed by atoms with van der Waals surface area (Å²) in [4.78, 5) is 34.8. The van der Waals surface area contributed by atoms with E-state index in [4.69, 9.17) is 4.74 Å². The molecule has 2 aliphatic rings. The number of hydrogen-bond donors (Lipinski definition) is 1. The average molecular weight is 509 g/mol. The van der Waals surface area contributed by atoms with E-state index in [1.807, 2.05) is 4.90 Å². The minimum Gasteiger partial charge on any atom is -0.477 e. The number of rotatable bonds is 7. The lowest BCUT2D eigenvalue weighted by Gasteiger charge is -2.40. The van der Waals surface area contributed by atoms with Crippen molar-refractivity contribution in [3.63, 3.8) is 0 Å². The quantitative estimate of drug-likeness (QED) is 0.508. The number of carboxylic acid groups (broad SMARTS) is 1. The van der Waals surface area contributed by atoms with Crippen molar-refractivity contribution in [1.29, 1.82) is 0 Å². The summed E-state index contributed by atoms with van der Waals surface area (Å²) >= 11 is 1.28. The smallest absolute Gasteiger partial charge is 0.341 e. The zero-order valence-corrected chi connectivity index (χ0v) is 20.1. The molecule has 0 radical (unpaired) electrons. The van der Waals surface area contributed by atoms with Gasteiger partial charge >= 0.3 is 5.97 Å². The second-order valence-electron chi connectivity index (χ2n) is 8.72. The van der Waals surface area contributed by atoms with Crippen LogP contribution in [-0.2, 0) is 4.74 Å². The summed E-state index contributed by atoms with van der Waals surface area (Å²) in [5.41, 5.74) is -0.999. The molecule has 1 unspecified atom stereocenters. The van der Waals surface area contributed by atoms with Gasteiger partial charge < -0.3 is 14.7 Å². The number of anilines is 1. The minimum atomic E-state index is -1.37. The second-order valence-corrected chi connectivity index (χ2v) is 9.59. The van der Waals surface area contributed by atoms with E-state index in [-0.39, 0.29) is 29.3 Å². The number of halogens is 2. The van der Waals surface area contributed by atoms with Gasteiger partial charge in [-0.25, -0.2) is 19.2 Å². The number of carboxylic acids is 1. The van der Waals surface area contributed by atoms with Gasteiger partial charge in [0.05, 0.1) is 11.5 Å². The fraction of sp³-hybridized carbons (Fsp3) is 0.478. The monoisotopic (exact) mass is 508 g/mol. The predicted molar refractivity (Wildman–Crippen MR) is 130 cm³/mol. The predicted octanol–water partition coefficient (Wildman–Crippen LogP) is 4.28. The van der Waals surface area contributed by atoms with Gasteiger partial charge in [-0.2, -0.15) is 0 Å². The molecular weight excluding hydrogens is 483 g/mol. The Balaban J connectivity index is 0.00000274. The standard InChI is InChI=1S/C23H25FN4O4S.ClH/c24-18-10-16-19(29)17(22(30)31)13-28(23-25-7-9-33-23)20(16)26-21(18)27-11-14(12-27)4-3-6-15-5-1-2-8-32-15;/h7,9-10,13-15H,1-6,8,11-12H2,(H,30,31);1H. The van der Waals surface area contributed by atoms with Gasteiger partial charge in [0.25, 0.3) is 0 Å². The summed E-state index contributed by atoms with van der Waals surface area (Å²) in [5, 5.41) is 11.6. The number of ether oxygens (including phenoxy) is 1. The lowest BCUT2D eigenvalue weighted by molar-refractivity contribution is 0.00904. The third-order valence-corrected chi connectivity index (χ3v) is 7.21. The molecule has 0 amide bonds. The van der Waals surface area contributed by atoms with Crippen LogP contribution in [0.25, 0.3) is 16.2 Å². The molecule has 1 atom stereocenters. The molecule has 8 nitrogen and oxygen atoms in total. The normalized spacial score (nSPS) is 18.5. The van der Waals surface area contributed by atoms with Gasteiger partial charge in [0.2, 0.25) is 5.43 Å². The summed E-state index contributed by atoms with van der Waals surface area (Å²) < 4.78 is 22.2. The molecule has 5 rings (SSSR count). The van der Waals surface area contributed by atoms with Crippen LogP contribution >= 0.6 is 23.7 Å². The van der Waals surface area contributed by atoms with Crippen LogP contribution in [0.15, 0.2) is 28.6 Å². The van der Waals surface area contributed by atoms with Gasteiger partial charge in [0.1, 0.15) is 5.56 Å². The van der Waals surface area contributed by atoms with Crippen molar-refractivity contribution in [2.75, 3.05) is 24.6 Å². The molecule has 0 bridgehead atoms. The Bertz CT molecular complexity index is 1220. The highest BCUT2D eigenvalue weighted by Crippen LogP contribution is 2.31. The van der Waals surface area contributed by atoms with Gasteiger partial charge in [-0.1, -0.05) is 6.42 Å². The van der Waals surface area contributed by atoms with Crippen LogP contribution in [0, 0.1) is 11.7 Å². The van der Waals surface area contributed by atoms with Crippen LogP contribution in [0.2, 0.25) is 0 Å². The fourth-order valence-corrected chi connectivity index (χ4v) is 5.28. The largest absolute Gasteiger partial charge is 0.477 e. The molecule has 3 aromatic heterocycles. The van der Waals surface area contributed by atoms with E-state index < -0.39 is 22.8 Å². The first-order valence-corrected chi connectivity index (χ1v) is 12.1. The molecule has 34 heavy (non-hydrogen) atoms. The van der Waals surface area contributed by atoms with Crippen LogP contribution in [0.3, 0.4) is 0 Å². The Kier molecular flexibility index (Phi) is 7.49. The summed E-state index contributed by atoms with van der Waals surface area (Å²) in [6.07, 6.45) is 9.96. The Hall–Kier alpha value is -2.56. The maximum absolute atomic E-state index is 15.0. The summed E-state index contributed by atoms with van der Waals surface area (Å²) in [6.45, 7) is 2.28. The van der Waals surface area contributed by atoms with Gasteiger partial charge in [-0.15, -0.1) is 23.7 Å². The lowest BCUT2D eigenvalue weighted by Crippen LogP contribution is -2.47. The third-order valence-electron chi connectivity index (χ3n) is 6.44. The number of thiazole rings is 1. The van der Waals surface area contributed by atoms with Gasteiger partial charge in [0.15, 0.2) is 22.4 Å². The number of fused-ring (bicyclic) bond motifs is 1. The van der Waals surface area contributed by atoms with E-state index in [0.717, 1.165) is 44.8 Å². The zero-order valence-electron chi connectivity index (χ0n) is 18.5. The van der Waals surface area contributed by atoms with Crippen molar-refractivity contribution in [2.45, 2.75) is 44.6 Å².